The number of aromatic nitrogens is 2. The molecule has 0 bridgehead atoms. The normalized spacial score (nSPS) is 10.9. The number of carboxylic acid groups (broad SMARTS) is 1. The molecule has 0 saturated heterocycles. The molecule has 3 aromatic rings. The Morgan fingerprint density at radius 2 is 2.17 bits per heavy atom. The molecule has 0 atom stereocenters. The minimum Gasteiger partial charge on any atom is -0.477 e. The number of aromatic carboxylic acids is 1. The van der Waals surface area contributed by atoms with Crippen LogP contribution in [-0.4, -0.2) is 20.5 Å². The summed E-state index contributed by atoms with van der Waals surface area (Å²) in [5.41, 5.74) is 0.612. The van der Waals surface area contributed by atoms with Gasteiger partial charge in [0.05, 0.1) is 11.8 Å². The number of carboxylic acids is 1. The van der Waals surface area contributed by atoms with Crippen molar-refractivity contribution in [1.29, 1.82) is 0 Å². The van der Waals surface area contributed by atoms with Crippen molar-refractivity contribution in [2.45, 2.75) is 0 Å². The summed E-state index contributed by atoms with van der Waals surface area (Å²) >= 11 is 6.00. The van der Waals surface area contributed by atoms with Crippen LogP contribution in [0.15, 0.2) is 41.0 Å². The van der Waals surface area contributed by atoms with E-state index in [4.69, 9.17) is 16.0 Å². The van der Waals surface area contributed by atoms with E-state index < -0.39 is 5.97 Å². The first-order valence-corrected chi connectivity index (χ1v) is 5.50. The fourth-order valence-electron chi connectivity index (χ4n) is 1.84. The number of carbonyl (C=O) groups is 1. The third-order valence-corrected chi connectivity index (χ3v) is 2.86. The number of pyridine rings is 1. The van der Waals surface area contributed by atoms with Gasteiger partial charge in [-0.1, -0.05) is 17.7 Å². The molecule has 3 heterocycles. The SMILES string of the molecule is O=C(O)c1cccc2c(Cl)nc(-c3ccco3)n12. The summed E-state index contributed by atoms with van der Waals surface area (Å²) in [4.78, 5) is 15.4. The van der Waals surface area contributed by atoms with E-state index in [0.717, 1.165) is 0 Å². The van der Waals surface area contributed by atoms with Crippen LogP contribution in [0.4, 0.5) is 0 Å². The van der Waals surface area contributed by atoms with Gasteiger partial charge in [-0.05, 0) is 24.3 Å². The highest BCUT2D eigenvalue weighted by atomic mass is 35.5. The first-order valence-electron chi connectivity index (χ1n) is 5.12. The Bertz CT molecular complexity index is 731. The molecule has 18 heavy (non-hydrogen) atoms. The maximum absolute atomic E-state index is 11.2. The lowest BCUT2D eigenvalue weighted by atomic mass is 10.3. The maximum Gasteiger partial charge on any atom is 0.352 e. The van der Waals surface area contributed by atoms with Crippen molar-refractivity contribution in [3.63, 3.8) is 0 Å². The largest absolute Gasteiger partial charge is 0.477 e. The number of nitrogens with zero attached hydrogens (tertiary/aromatic N) is 2. The molecule has 6 heteroatoms. The van der Waals surface area contributed by atoms with E-state index in [1.165, 1.54) is 16.7 Å². The van der Waals surface area contributed by atoms with Gasteiger partial charge in [-0.3, -0.25) is 4.40 Å². The van der Waals surface area contributed by atoms with Crippen LogP contribution in [0.25, 0.3) is 17.1 Å². The highest BCUT2D eigenvalue weighted by Crippen LogP contribution is 2.27. The van der Waals surface area contributed by atoms with Crippen molar-refractivity contribution >= 4 is 23.1 Å². The van der Waals surface area contributed by atoms with Gasteiger partial charge in [0.15, 0.2) is 16.7 Å². The Morgan fingerprint density at radius 3 is 2.83 bits per heavy atom. The van der Waals surface area contributed by atoms with E-state index >= 15 is 0 Å². The molecule has 0 saturated carbocycles. The van der Waals surface area contributed by atoms with Gasteiger partial charge in [0.1, 0.15) is 5.69 Å². The molecule has 0 aromatic carbocycles. The van der Waals surface area contributed by atoms with E-state index in [1.54, 1.807) is 24.3 Å². The zero-order valence-corrected chi connectivity index (χ0v) is 9.76. The molecular weight excluding hydrogens is 256 g/mol. The Labute approximate surface area is 106 Å². The molecule has 0 unspecified atom stereocenters. The molecular formula is C12H7ClN2O3. The molecule has 0 fully saturated rings. The standard InChI is InChI=1S/C12H7ClN2O3/c13-10-7-3-1-4-8(12(16)17)15(7)11(14-10)9-5-2-6-18-9/h1-6H,(H,16,17). The summed E-state index contributed by atoms with van der Waals surface area (Å²) in [5.74, 6) is -0.217. The minimum absolute atomic E-state index is 0.0818. The number of hydrogen-bond donors (Lipinski definition) is 1. The molecule has 0 amide bonds. The van der Waals surface area contributed by atoms with E-state index in [2.05, 4.69) is 4.98 Å². The van der Waals surface area contributed by atoms with Crippen molar-refractivity contribution in [3.8, 4) is 11.6 Å². The highest BCUT2D eigenvalue weighted by Gasteiger charge is 2.18. The monoisotopic (exact) mass is 262 g/mol. The lowest BCUT2D eigenvalue weighted by molar-refractivity contribution is 0.0689. The summed E-state index contributed by atoms with van der Waals surface area (Å²) in [7, 11) is 0. The van der Waals surface area contributed by atoms with Crippen LogP contribution in [0.1, 0.15) is 10.5 Å². The predicted octanol–water partition coefficient (Wildman–Crippen LogP) is 2.95. The van der Waals surface area contributed by atoms with Gasteiger partial charge >= 0.3 is 5.97 Å². The fraction of sp³-hybridized carbons (Fsp3) is 0. The van der Waals surface area contributed by atoms with E-state index in [0.29, 0.717) is 17.1 Å². The van der Waals surface area contributed by atoms with Crippen molar-refractivity contribution in [2.24, 2.45) is 0 Å². The number of imidazole rings is 1. The quantitative estimate of drug-likeness (QED) is 0.771. The molecule has 3 rings (SSSR count). The third-order valence-electron chi connectivity index (χ3n) is 2.58. The average Bonchev–Trinajstić information content (AvgIpc) is 2.97. The maximum atomic E-state index is 11.2. The topological polar surface area (TPSA) is 67.7 Å². The number of rotatable bonds is 2. The van der Waals surface area contributed by atoms with E-state index in [-0.39, 0.29) is 10.8 Å². The number of furan rings is 1. The fourth-order valence-corrected chi connectivity index (χ4v) is 2.06. The summed E-state index contributed by atoms with van der Waals surface area (Å²) in [5, 5.41) is 9.43. The van der Waals surface area contributed by atoms with Crippen molar-refractivity contribution in [3.05, 3.63) is 47.4 Å². The van der Waals surface area contributed by atoms with Crippen LogP contribution >= 0.6 is 11.6 Å². The summed E-state index contributed by atoms with van der Waals surface area (Å²) < 4.78 is 6.70. The molecule has 3 aromatic heterocycles. The van der Waals surface area contributed by atoms with Gasteiger partial charge in [-0.25, -0.2) is 9.78 Å². The van der Waals surface area contributed by atoms with Gasteiger partial charge in [-0.15, -0.1) is 0 Å². The van der Waals surface area contributed by atoms with Crippen LogP contribution in [0, 0.1) is 0 Å². The van der Waals surface area contributed by atoms with Gasteiger partial charge in [0, 0.05) is 0 Å². The Balaban J connectivity index is 2.43. The van der Waals surface area contributed by atoms with Gasteiger partial charge in [0.2, 0.25) is 0 Å². The predicted molar refractivity (Wildman–Crippen MR) is 64.9 cm³/mol. The first kappa shape index (κ1) is 10.9. The van der Waals surface area contributed by atoms with Crippen LogP contribution in [0.5, 0.6) is 0 Å². The van der Waals surface area contributed by atoms with Crippen molar-refractivity contribution < 1.29 is 14.3 Å². The molecule has 90 valence electrons. The summed E-state index contributed by atoms with van der Waals surface area (Å²) in [6.07, 6.45) is 1.49. The Kier molecular flexibility index (Phi) is 2.34. The van der Waals surface area contributed by atoms with Crippen LogP contribution in [-0.2, 0) is 0 Å². The first-order chi connectivity index (χ1) is 8.68. The lowest BCUT2D eigenvalue weighted by Gasteiger charge is -2.02. The second-order valence-electron chi connectivity index (χ2n) is 3.64. The lowest BCUT2D eigenvalue weighted by Crippen LogP contribution is -2.05. The number of hydrogen-bond acceptors (Lipinski definition) is 3. The molecule has 0 aliphatic carbocycles. The molecule has 1 N–H and O–H groups in total. The van der Waals surface area contributed by atoms with E-state index in [9.17, 15) is 9.90 Å². The van der Waals surface area contributed by atoms with Gasteiger partial charge < -0.3 is 9.52 Å². The smallest absolute Gasteiger partial charge is 0.352 e. The second kappa shape index (κ2) is 3.89. The molecule has 0 aliphatic rings. The zero-order valence-electron chi connectivity index (χ0n) is 9.00. The molecule has 0 spiro atoms. The number of halogens is 1. The average molecular weight is 263 g/mol. The summed E-state index contributed by atoms with van der Waals surface area (Å²) in [6.45, 7) is 0. The molecule has 5 nitrogen and oxygen atoms in total. The highest BCUT2D eigenvalue weighted by molar-refractivity contribution is 6.33. The van der Waals surface area contributed by atoms with Crippen LogP contribution in [0.2, 0.25) is 5.15 Å². The van der Waals surface area contributed by atoms with Gasteiger partial charge in [-0.2, -0.15) is 0 Å². The Morgan fingerprint density at radius 1 is 1.33 bits per heavy atom. The second-order valence-corrected chi connectivity index (χ2v) is 4.00. The van der Waals surface area contributed by atoms with Crippen LogP contribution < -0.4 is 0 Å². The van der Waals surface area contributed by atoms with Crippen molar-refractivity contribution in [1.82, 2.24) is 9.38 Å². The molecule has 0 radical (unpaired) electrons. The molecule has 0 aliphatic heterocycles. The van der Waals surface area contributed by atoms with Crippen LogP contribution in [0.3, 0.4) is 0 Å². The Hall–Kier alpha value is -2.27. The third kappa shape index (κ3) is 1.48. The van der Waals surface area contributed by atoms with Gasteiger partial charge in [0.25, 0.3) is 0 Å². The minimum atomic E-state index is -1.05. The van der Waals surface area contributed by atoms with E-state index in [1.807, 2.05) is 0 Å². The van der Waals surface area contributed by atoms with Crippen molar-refractivity contribution in [2.75, 3.05) is 0 Å². The number of fused-ring (bicyclic) bond motifs is 1. The summed E-state index contributed by atoms with van der Waals surface area (Å²) in [6, 6.07) is 8.21. The zero-order chi connectivity index (χ0) is 12.7.